The number of nitrogens with zero attached hydrogens (tertiary/aromatic N) is 1. The Morgan fingerprint density at radius 1 is 1.37 bits per heavy atom. The summed E-state index contributed by atoms with van der Waals surface area (Å²) < 4.78 is 0. The molecule has 2 fully saturated rings. The fourth-order valence-electron chi connectivity index (χ4n) is 3.82. The highest BCUT2D eigenvalue weighted by Gasteiger charge is 2.50. The first-order chi connectivity index (χ1) is 9.05. The maximum absolute atomic E-state index is 6.25. The zero-order valence-electron chi connectivity index (χ0n) is 12.2. The first-order valence-electron chi connectivity index (χ1n) is 7.54. The highest BCUT2D eigenvalue weighted by molar-refractivity contribution is 7.09. The second-order valence-corrected chi connectivity index (χ2v) is 8.24. The van der Waals surface area contributed by atoms with Crippen molar-refractivity contribution in [3.05, 3.63) is 22.4 Å². The molecule has 0 aliphatic heterocycles. The maximum Gasteiger partial charge on any atom is 0.0343 e. The van der Waals surface area contributed by atoms with Crippen molar-refractivity contribution in [1.82, 2.24) is 4.90 Å². The minimum Gasteiger partial charge on any atom is -0.329 e. The van der Waals surface area contributed by atoms with E-state index in [1.54, 1.807) is 0 Å². The van der Waals surface area contributed by atoms with E-state index in [1.165, 1.54) is 37.0 Å². The summed E-state index contributed by atoms with van der Waals surface area (Å²) in [5, 5.41) is 2.19. The Morgan fingerprint density at radius 3 is 2.63 bits per heavy atom. The second kappa shape index (κ2) is 4.87. The van der Waals surface area contributed by atoms with Gasteiger partial charge in [-0.15, -0.1) is 11.3 Å². The molecule has 2 N–H and O–H groups in total. The quantitative estimate of drug-likeness (QED) is 0.891. The highest BCUT2D eigenvalue weighted by atomic mass is 32.1. The van der Waals surface area contributed by atoms with Crippen LogP contribution in [0.25, 0.3) is 0 Å². The summed E-state index contributed by atoms with van der Waals surface area (Å²) >= 11 is 1.88. The molecule has 1 aromatic rings. The molecule has 1 heterocycles. The molecule has 3 heteroatoms. The fraction of sp³-hybridized carbons (Fsp3) is 0.750. The lowest BCUT2D eigenvalue weighted by Crippen LogP contribution is -2.53. The Bertz CT molecular complexity index is 422. The molecule has 0 amide bonds. The van der Waals surface area contributed by atoms with Crippen molar-refractivity contribution in [2.45, 2.75) is 64.1 Å². The topological polar surface area (TPSA) is 29.3 Å². The SMILES string of the molecule is CC1(C)CCC(CN)(N(Cc2cccs2)C2CC2)C1. The van der Waals surface area contributed by atoms with Crippen LogP contribution in [-0.4, -0.2) is 23.0 Å². The van der Waals surface area contributed by atoms with E-state index in [-0.39, 0.29) is 5.54 Å². The molecule has 2 aliphatic carbocycles. The molecule has 1 atom stereocenters. The van der Waals surface area contributed by atoms with Crippen molar-refractivity contribution in [2.75, 3.05) is 6.54 Å². The van der Waals surface area contributed by atoms with Crippen LogP contribution in [0.15, 0.2) is 17.5 Å². The first-order valence-corrected chi connectivity index (χ1v) is 8.42. The summed E-state index contributed by atoms with van der Waals surface area (Å²) in [6.07, 6.45) is 6.59. The molecule has 0 radical (unpaired) electrons. The van der Waals surface area contributed by atoms with Crippen molar-refractivity contribution in [2.24, 2.45) is 11.1 Å². The molecule has 1 unspecified atom stereocenters. The van der Waals surface area contributed by atoms with E-state index in [0.29, 0.717) is 5.41 Å². The number of nitrogens with two attached hydrogens (primary N) is 1. The normalized spacial score (nSPS) is 30.1. The van der Waals surface area contributed by atoms with E-state index < -0.39 is 0 Å². The van der Waals surface area contributed by atoms with E-state index >= 15 is 0 Å². The molecule has 2 saturated carbocycles. The number of rotatable bonds is 5. The molecule has 19 heavy (non-hydrogen) atoms. The van der Waals surface area contributed by atoms with Crippen LogP contribution in [0.3, 0.4) is 0 Å². The van der Waals surface area contributed by atoms with Gasteiger partial charge in [-0.2, -0.15) is 0 Å². The molecular formula is C16H26N2S. The highest BCUT2D eigenvalue weighted by Crippen LogP contribution is 2.49. The maximum atomic E-state index is 6.25. The van der Waals surface area contributed by atoms with Crippen molar-refractivity contribution in [3.63, 3.8) is 0 Å². The second-order valence-electron chi connectivity index (χ2n) is 7.21. The average molecular weight is 278 g/mol. The zero-order chi connectivity index (χ0) is 13.5. The third-order valence-electron chi connectivity index (χ3n) is 4.96. The van der Waals surface area contributed by atoms with Crippen molar-refractivity contribution in [1.29, 1.82) is 0 Å². The van der Waals surface area contributed by atoms with Gasteiger partial charge < -0.3 is 5.73 Å². The van der Waals surface area contributed by atoms with Crippen LogP contribution in [0, 0.1) is 5.41 Å². The lowest BCUT2D eigenvalue weighted by molar-refractivity contribution is 0.0727. The van der Waals surface area contributed by atoms with Crippen LogP contribution in [0.1, 0.15) is 50.8 Å². The minimum atomic E-state index is 0.259. The number of hydrogen-bond donors (Lipinski definition) is 1. The monoisotopic (exact) mass is 278 g/mol. The summed E-state index contributed by atoms with van der Waals surface area (Å²) in [6.45, 7) is 6.73. The predicted octanol–water partition coefficient (Wildman–Crippen LogP) is 3.62. The third-order valence-corrected chi connectivity index (χ3v) is 5.82. The Kier molecular flexibility index (Phi) is 3.48. The van der Waals surface area contributed by atoms with Crippen molar-refractivity contribution in [3.8, 4) is 0 Å². The van der Waals surface area contributed by atoms with Gasteiger partial charge in [0.2, 0.25) is 0 Å². The van der Waals surface area contributed by atoms with Gasteiger partial charge in [-0.1, -0.05) is 19.9 Å². The molecule has 106 valence electrons. The molecule has 2 aliphatic rings. The van der Waals surface area contributed by atoms with Gasteiger partial charge in [0, 0.05) is 29.5 Å². The van der Waals surface area contributed by atoms with E-state index in [0.717, 1.165) is 19.1 Å². The molecule has 2 nitrogen and oxygen atoms in total. The van der Waals surface area contributed by atoms with Crippen molar-refractivity contribution < 1.29 is 0 Å². The summed E-state index contributed by atoms with van der Waals surface area (Å²) in [5.74, 6) is 0. The number of thiophene rings is 1. The van der Waals surface area contributed by atoms with Gasteiger partial charge in [0.15, 0.2) is 0 Å². The van der Waals surface area contributed by atoms with E-state index in [4.69, 9.17) is 5.73 Å². The van der Waals surface area contributed by atoms with Gasteiger partial charge in [-0.05, 0) is 49.0 Å². The van der Waals surface area contributed by atoms with Gasteiger partial charge in [0.25, 0.3) is 0 Å². The van der Waals surface area contributed by atoms with Gasteiger partial charge in [0.1, 0.15) is 0 Å². The van der Waals surface area contributed by atoms with E-state index in [9.17, 15) is 0 Å². The summed E-state index contributed by atoms with van der Waals surface area (Å²) in [5.41, 5.74) is 6.97. The Balaban J connectivity index is 1.82. The summed E-state index contributed by atoms with van der Waals surface area (Å²) in [7, 11) is 0. The van der Waals surface area contributed by atoms with Crippen LogP contribution in [0.5, 0.6) is 0 Å². The van der Waals surface area contributed by atoms with Crippen LogP contribution in [0.2, 0.25) is 0 Å². The molecule has 0 aromatic carbocycles. The third kappa shape index (κ3) is 2.74. The predicted molar refractivity (Wildman–Crippen MR) is 82.3 cm³/mol. The standard InChI is InChI=1S/C16H26N2S/c1-15(2)7-8-16(11-15,12-17)18(13-5-6-13)10-14-4-3-9-19-14/h3-4,9,13H,5-8,10-12,17H2,1-2H3. The van der Waals surface area contributed by atoms with Crippen LogP contribution < -0.4 is 5.73 Å². The zero-order valence-corrected chi connectivity index (χ0v) is 13.0. The molecular weight excluding hydrogens is 252 g/mol. The summed E-state index contributed by atoms with van der Waals surface area (Å²) in [6, 6.07) is 5.22. The van der Waals surface area contributed by atoms with Gasteiger partial charge in [0.05, 0.1) is 0 Å². The van der Waals surface area contributed by atoms with Gasteiger partial charge in [-0.3, -0.25) is 4.90 Å². The van der Waals surface area contributed by atoms with E-state index in [2.05, 4.69) is 36.3 Å². The molecule has 1 aromatic heterocycles. The van der Waals surface area contributed by atoms with Crippen LogP contribution in [0.4, 0.5) is 0 Å². The van der Waals surface area contributed by atoms with Gasteiger partial charge in [-0.25, -0.2) is 0 Å². The van der Waals surface area contributed by atoms with Gasteiger partial charge >= 0.3 is 0 Å². The average Bonchev–Trinajstić information content (AvgIpc) is 2.98. The Labute approximate surface area is 121 Å². The molecule has 0 spiro atoms. The largest absolute Gasteiger partial charge is 0.329 e. The fourth-order valence-corrected chi connectivity index (χ4v) is 4.52. The van der Waals surface area contributed by atoms with Crippen molar-refractivity contribution >= 4 is 11.3 Å². The summed E-state index contributed by atoms with van der Waals surface area (Å²) in [4.78, 5) is 4.25. The first kappa shape index (κ1) is 13.6. The van der Waals surface area contributed by atoms with Crippen LogP contribution >= 0.6 is 11.3 Å². The Hall–Kier alpha value is -0.380. The molecule has 3 rings (SSSR count). The molecule has 0 saturated heterocycles. The molecule has 0 bridgehead atoms. The lowest BCUT2D eigenvalue weighted by atomic mass is 9.86. The van der Waals surface area contributed by atoms with E-state index in [1.807, 2.05) is 11.3 Å². The van der Waals surface area contributed by atoms with Crippen LogP contribution in [-0.2, 0) is 6.54 Å². The Morgan fingerprint density at radius 2 is 2.16 bits per heavy atom. The lowest BCUT2D eigenvalue weighted by Gasteiger charge is -2.42. The minimum absolute atomic E-state index is 0.259. The number of hydrogen-bond acceptors (Lipinski definition) is 3. The smallest absolute Gasteiger partial charge is 0.0343 e.